The molecule has 88 valence electrons. The summed E-state index contributed by atoms with van der Waals surface area (Å²) in [6.07, 6.45) is 0. The zero-order chi connectivity index (χ0) is 12.4. The molecule has 0 radical (unpaired) electrons. The van der Waals surface area contributed by atoms with Crippen molar-refractivity contribution >= 4 is 11.8 Å². The van der Waals surface area contributed by atoms with E-state index in [4.69, 9.17) is 10.8 Å². The van der Waals surface area contributed by atoms with Crippen LogP contribution in [0.5, 0.6) is 5.75 Å². The van der Waals surface area contributed by atoms with Gasteiger partial charge in [0.25, 0.3) is 0 Å². The number of anilines is 1. The van der Waals surface area contributed by atoms with E-state index in [9.17, 15) is 4.79 Å². The number of carbonyl (C=O) groups is 1. The number of carbonyl (C=O) groups excluding carboxylic acids is 1. The molecule has 1 aromatic carbocycles. The summed E-state index contributed by atoms with van der Waals surface area (Å²) >= 11 is 0. The number of phenols is 1. The van der Waals surface area contributed by atoms with Gasteiger partial charge in [0.1, 0.15) is 5.75 Å². The highest BCUT2D eigenvalue weighted by Crippen LogP contribution is 2.17. The Bertz CT molecular complexity index is 547. The van der Waals surface area contributed by atoms with E-state index in [0.717, 1.165) is 0 Å². The normalized spacial score (nSPS) is 10.2. The van der Waals surface area contributed by atoms with Gasteiger partial charge in [0.05, 0.1) is 12.8 Å². The molecule has 1 heterocycles. The average molecular weight is 234 g/mol. The summed E-state index contributed by atoms with van der Waals surface area (Å²) in [7, 11) is 1.24. The van der Waals surface area contributed by atoms with Crippen LogP contribution in [-0.2, 0) is 4.74 Å². The number of phenolic OH excluding ortho intramolecular Hbond substituents is 1. The number of rotatable bonds is 2. The number of nitrogen functional groups attached to an aromatic ring is 1. The molecule has 7 heteroatoms. The van der Waals surface area contributed by atoms with Crippen LogP contribution in [0.2, 0.25) is 0 Å². The molecule has 17 heavy (non-hydrogen) atoms. The van der Waals surface area contributed by atoms with Crippen molar-refractivity contribution in [3.05, 3.63) is 30.0 Å². The maximum Gasteiger partial charge on any atom is 0.362 e. The molecule has 0 aliphatic carbocycles. The minimum absolute atomic E-state index is 0.0411. The van der Waals surface area contributed by atoms with E-state index < -0.39 is 5.97 Å². The van der Waals surface area contributed by atoms with E-state index in [0.29, 0.717) is 5.69 Å². The Balaban J connectivity index is 2.44. The van der Waals surface area contributed by atoms with Crippen molar-refractivity contribution in [1.82, 2.24) is 15.0 Å². The fourth-order valence-corrected chi connectivity index (χ4v) is 1.32. The first kappa shape index (κ1) is 10.9. The average Bonchev–Trinajstić information content (AvgIpc) is 2.71. The summed E-state index contributed by atoms with van der Waals surface area (Å²) in [5.41, 5.74) is 6.27. The molecule has 0 spiro atoms. The molecule has 1 aromatic heterocycles. The highest BCUT2D eigenvalue weighted by Gasteiger charge is 2.18. The second-order valence-electron chi connectivity index (χ2n) is 3.24. The van der Waals surface area contributed by atoms with Crippen LogP contribution in [0.15, 0.2) is 24.3 Å². The van der Waals surface area contributed by atoms with Crippen LogP contribution >= 0.6 is 0 Å². The first-order valence-corrected chi connectivity index (χ1v) is 4.72. The van der Waals surface area contributed by atoms with E-state index >= 15 is 0 Å². The number of ether oxygens (including phenoxy) is 1. The lowest BCUT2D eigenvalue weighted by Gasteiger charge is -2.02. The first-order valence-electron chi connectivity index (χ1n) is 4.72. The number of esters is 1. The minimum atomic E-state index is -0.646. The number of hydrogen-bond acceptors (Lipinski definition) is 6. The second-order valence-corrected chi connectivity index (χ2v) is 3.24. The Morgan fingerprint density at radius 2 is 2.06 bits per heavy atom. The standard InChI is InChI=1S/C10H10N4O3/c1-17-10(16)8-9(11)14(13-12-8)6-2-4-7(15)5-3-6/h2-5,15H,11H2,1H3. The Labute approximate surface area is 96.4 Å². The number of aromatic nitrogens is 3. The van der Waals surface area contributed by atoms with Crippen LogP contribution in [0.25, 0.3) is 5.69 Å². The maximum absolute atomic E-state index is 11.3. The smallest absolute Gasteiger partial charge is 0.362 e. The quantitative estimate of drug-likeness (QED) is 0.726. The number of nitrogens with two attached hydrogens (primary N) is 1. The third-order valence-corrected chi connectivity index (χ3v) is 2.18. The van der Waals surface area contributed by atoms with Gasteiger partial charge in [0.15, 0.2) is 5.82 Å². The van der Waals surface area contributed by atoms with Crippen molar-refractivity contribution in [2.24, 2.45) is 0 Å². The summed E-state index contributed by atoms with van der Waals surface area (Å²) in [6.45, 7) is 0. The Kier molecular flexibility index (Phi) is 2.65. The zero-order valence-electron chi connectivity index (χ0n) is 8.99. The lowest BCUT2D eigenvalue weighted by atomic mass is 10.3. The molecule has 0 unspecified atom stereocenters. The Morgan fingerprint density at radius 3 is 2.65 bits per heavy atom. The van der Waals surface area contributed by atoms with E-state index in [2.05, 4.69) is 15.0 Å². The molecule has 0 saturated carbocycles. The summed E-state index contributed by atoms with van der Waals surface area (Å²) in [4.78, 5) is 11.3. The predicted molar refractivity (Wildman–Crippen MR) is 58.8 cm³/mol. The lowest BCUT2D eigenvalue weighted by Crippen LogP contribution is -2.07. The van der Waals surface area contributed by atoms with Crippen LogP contribution in [-0.4, -0.2) is 33.2 Å². The van der Waals surface area contributed by atoms with Gasteiger partial charge in [0.2, 0.25) is 5.69 Å². The largest absolute Gasteiger partial charge is 0.508 e. The van der Waals surface area contributed by atoms with E-state index in [1.165, 1.54) is 23.9 Å². The van der Waals surface area contributed by atoms with Crippen LogP contribution < -0.4 is 5.73 Å². The van der Waals surface area contributed by atoms with Gasteiger partial charge in [-0.15, -0.1) is 5.10 Å². The maximum atomic E-state index is 11.3. The summed E-state index contributed by atoms with van der Waals surface area (Å²) < 4.78 is 5.79. The molecule has 3 N–H and O–H groups in total. The fraction of sp³-hybridized carbons (Fsp3) is 0.100. The molecule has 7 nitrogen and oxygen atoms in total. The van der Waals surface area contributed by atoms with Crippen LogP contribution in [0.4, 0.5) is 5.82 Å². The first-order chi connectivity index (χ1) is 8.13. The summed E-state index contributed by atoms with van der Waals surface area (Å²) in [6, 6.07) is 6.16. The number of hydrogen-bond donors (Lipinski definition) is 2. The van der Waals surface area contributed by atoms with Gasteiger partial charge in [-0.25, -0.2) is 4.79 Å². The molecule has 0 atom stereocenters. The molecule has 0 aliphatic heterocycles. The highest BCUT2D eigenvalue weighted by molar-refractivity contribution is 5.92. The van der Waals surface area contributed by atoms with E-state index in [-0.39, 0.29) is 17.3 Å². The molecule has 0 amide bonds. The molecular formula is C10H10N4O3. The van der Waals surface area contributed by atoms with Crippen molar-refractivity contribution in [3.63, 3.8) is 0 Å². The number of aromatic hydroxyl groups is 1. The molecule has 0 fully saturated rings. The molecule has 2 rings (SSSR count). The van der Waals surface area contributed by atoms with Gasteiger partial charge in [-0.3, -0.25) is 0 Å². The van der Waals surface area contributed by atoms with Crippen LogP contribution in [0.3, 0.4) is 0 Å². The molecule has 2 aromatic rings. The van der Waals surface area contributed by atoms with Gasteiger partial charge in [-0.1, -0.05) is 5.21 Å². The topological polar surface area (TPSA) is 103 Å². The van der Waals surface area contributed by atoms with E-state index in [1.54, 1.807) is 12.1 Å². The molecular weight excluding hydrogens is 224 g/mol. The van der Waals surface area contributed by atoms with Crippen LogP contribution in [0, 0.1) is 0 Å². The molecule has 0 bridgehead atoms. The molecule has 0 aliphatic rings. The van der Waals surface area contributed by atoms with Gasteiger partial charge in [0, 0.05) is 0 Å². The Hall–Kier alpha value is -2.57. The van der Waals surface area contributed by atoms with Crippen molar-refractivity contribution in [2.45, 2.75) is 0 Å². The van der Waals surface area contributed by atoms with Gasteiger partial charge in [-0.2, -0.15) is 4.68 Å². The summed E-state index contributed by atoms with van der Waals surface area (Å²) in [5.74, 6) is -0.435. The van der Waals surface area contributed by atoms with Crippen LogP contribution in [0.1, 0.15) is 10.5 Å². The van der Waals surface area contributed by atoms with E-state index in [1.807, 2.05) is 0 Å². The van der Waals surface area contributed by atoms with Gasteiger partial charge >= 0.3 is 5.97 Å². The minimum Gasteiger partial charge on any atom is -0.508 e. The second kappa shape index (κ2) is 4.12. The van der Waals surface area contributed by atoms with Crippen molar-refractivity contribution in [1.29, 1.82) is 0 Å². The number of benzene rings is 1. The third kappa shape index (κ3) is 1.89. The highest BCUT2D eigenvalue weighted by atomic mass is 16.5. The van der Waals surface area contributed by atoms with Gasteiger partial charge in [-0.05, 0) is 24.3 Å². The van der Waals surface area contributed by atoms with Crippen molar-refractivity contribution in [3.8, 4) is 11.4 Å². The van der Waals surface area contributed by atoms with Crippen molar-refractivity contribution < 1.29 is 14.6 Å². The third-order valence-electron chi connectivity index (χ3n) is 2.18. The SMILES string of the molecule is COC(=O)c1nnn(-c2ccc(O)cc2)c1N. The number of methoxy groups -OCH3 is 1. The fourth-order valence-electron chi connectivity index (χ4n) is 1.32. The number of nitrogens with zero attached hydrogens (tertiary/aromatic N) is 3. The molecule has 0 saturated heterocycles. The summed E-state index contributed by atoms with van der Waals surface area (Å²) in [5, 5.41) is 16.5. The Morgan fingerprint density at radius 1 is 1.41 bits per heavy atom. The monoisotopic (exact) mass is 234 g/mol. The lowest BCUT2D eigenvalue weighted by molar-refractivity contribution is 0.0595. The van der Waals surface area contributed by atoms with Crippen molar-refractivity contribution in [2.75, 3.05) is 12.8 Å². The van der Waals surface area contributed by atoms with Gasteiger partial charge < -0.3 is 15.6 Å². The zero-order valence-corrected chi connectivity index (χ0v) is 8.99. The predicted octanol–water partition coefficient (Wildman–Crippen LogP) is 0.342.